The van der Waals surface area contributed by atoms with E-state index in [0.29, 0.717) is 5.76 Å². The number of carbonyl (C=O) groups is 1. The van der Waals surface area contributed by atoms with Crippen LogP contribution < -0.4 is 0 Å². The van der Waals surface area contributed by atoms with Crippen LogP contribution in [0.25, 0.3) is 0 Å². The van der Waals surface area contributed by atoms with Crippen molar-refractivity contribution < 1.29 is 14.3 Å². The number of aryl methyl sites for hydroxylation is 2. The summed E-state index contributed by atoms with van der Waals surface area (Å²) in [7, 11) is 0. The van der Waals surface area contributed by atoms with Crippen LogP contribution in [0.2, 0.25) is 0 Å². The van der Waals surface area contributed by atoms with E-state index in [2.05, 4.69) is 0 Å². The van der Waals surface area contributed by atoms with Crippen LogP contribution in [-0.2, 0) is 4.79 Å². The van der Waals surface area contributed by atoms with Crippen LogP contribution in [0.1, 0.15) is 29.6 Å². The van der Waals surface area contributed by atoms with Crippen molar-refractivity contribution in [2.24, 2.45) is 0 Å². The average molecular weight is 233 g/mol. The molecule has 2 heterocycles. The van der Waals surface area contributed by atoms with E-state index in [4.69, 9.17) is 9.52 Å². The van der Waals surface area contributed by atoms with Crippen molar-refractivity contribution >= 4 is 5.97 Å². The fourth-order valence-corrected chi connectivity index (χ4v) is 2.14. The van der Waals surface area contributed by atoms with E-state index < -0.39 is 5.97 Å². The Morgan fingerprint density at radius 1 is 1.35 bits per heavy atom. The second-order valence-corrected chi connectivity index (χ2v) is 4.12. The minimum atomic E-state index is -0.834. The van der Waals surface area contributed by atoms with Gasteiger partial charge in [-0.2, -0.15) is 0 Å². The van der Waals surface area contributed by atoms with Gasteiger partial charge in [-0.15, -0.1) is 0 Å². The molecular weight excluding hydrogens is 218 g/mol. The Balaban J connectivity index is 2.44. The second-order valence-electron chi connectivity index (χ2n) is 4.12. The highest BCUT2D eigenvalue weighted by Gasteiger charge is 2.22. The van der Waals surface area contributed by atoms with Gasteiger partial charge in [0.05, 0.1) is 12.7 Å². The summed E-state index contributed by atoms with van der Waals surface area (Å²) in [5.41, 5.74) is 2.07. The zero-order valence-electron chi connectivity index (χ0n) is 9.88. The number of furan rings is 1. The second kappa shape index (κ2) is 4.49. The van der Waals surface area contributed by atoms with E-state index in [1.165, 1.54) is 0 Å². The first-order valence-electron chi connectivity index (χ1n) is 5.49. The molecule has 1 N–H and O–H groups in total. The molecule has 4 nitrogen and oxygen atoms in total. The minimum Gasteiger partial charge on any atom is -0.481 e. The molecule has 0 saturated carbocycles. The van der Waals surface area contributed by atoms with E-state index in [-0.39, 0.29) is 12.5 Å². The summed E-state index contributed by atoms with van der Waals surface area (Å²) in [5, 5.41) is 9.01. The van der Waals surface area contributed by atoms with Crippen LogP contribution >= 0.6 is 0 Å². The number of rotatable bonds is 4. The maximum atomic E-state index is 11.0. The molecule has 4 heteroatoms. The number of hydrogen-bond acceptors (Lipinski definition) is 2. The first-order chi connectivity index (χ1) is 8.09. The maximum absolute atomic E-state index is 11.0. The number of aromatic nitrogens is 1. The number of carboxylic acids is 1. The first kappa shape index (κ1) is 11.5. The fourth-order valence-electron chi connectivity index (χ4n) is 2.14. The van der Waals surface area contributed by atoms with Crippen molar-refractivity contribution in [2.45, 2.75) is 26.3 Å². The van der Waals surface area contributed by atoms with Gasteiger partial charge in [0.15, 0.2) is 0 Å². The summed E-state index contributed by atoms with van der Waals surface area (Å²) in [6.07, 6.45) is 1.59. The highest BCUT2D eigenvalue weighted by molar-refractivity contribution is 5.67. The van der Waals surface area contributed by atoms with E-state index in [9.17, 15) is 4.79 Å². The topological polar surface area (TPSA) is 55.4 Å². The summed E-state index contributed by atoms with van der Waals surface area (Å²) in [6, 6.07) is 7.27. The highest BCUT2D eigenvalue weighted by atomic mass is 16.4. The summed E-state index contributed by atoms with van der Waals surface area (Å²) < 4.78 is 7.34. The van der Waals surface area contributed by atoms with Gasteiger partial charge in [0.25, 0.3) is 0 Å². The molecule has 17 heavy (non-hydrogen) atoms. The number of nitrogens with zero attached hydrogens (tertiary/aromatic N) is 1. The van der Waals surface area contributed by atoms with E-state index in [1.54, 1.807) is 12.3 Å². The van der Waals surface area contributed by atoms with Gasteiger partial charge in [-0.25, -0.2) is 0 Å². The van der Waals surface area contributed by atoms with Gasteiger partial charge in [0.2, 0.25) is 0 Å². The van der Waals surface area contributed by atoms with Crippen molar-refractivity contribution in [3.63, 3.8) is 0 Å². The molecule has 0 aromatic carbocycles. The Kier molecular flexibility index (Phi) is 3.04. The standard InChI is InChI=1S/C13H15NO3/c1-9-5-6-10(2)14(9)11(8-13(15)16)12-4-3-7-17-12/h3-7,11H,8H2,1-2H3,(H,15,16)/t11-/m1/s1. The largest absolute Gasteiger partial charge is 0.481 e. The molecule has 0 fully saturated rings. The number of carboxylic acid groups (broad SMARTS) is 1. The summed E-state index contributed by atoms with van der Waals surface area (Å²) in [4.78, 5) is 11.0. The molecule has 90 valence electrons. The molecule has 0 bridgehead atoms. The van der Waals surface area contributed by atoms with Crippen molar-refractivity contribution in [2.75, 3.05) is 0 Å². The van der Waals surface area contributed by atoms with Gasteiger partial charge in [-0.1, -0.05) is 0 Å². The van der Waals surface area contributed by atoms with Crippen molar-refractivity contribution in [1.82, 2.24) is 4.57 Å². The predicted octanol–water partition coefficient (Wildman–Crippen LogP) is 2.76. The van der Waals surface area contributed by atoms with Crippen LogP contribution in [0.3, 0.4) is 0 Å². The third-order valence-corrected chi connectivity index (χ3v) is 2.88. The molecule has 1 atom stereocenters. The smallest absolute Gasteiger partial charge is 0.305 e. The van der Waals surface area contributed by atoms with Gasteiger partial charge < -0.3 is 14.1 Å². The van der Waals surface area contributed by atoms with Crippen molar-refractivity contribution in [1.29, 1.82) is 0 Å². The summed E-state index contributed by atoms with van der Waals surface area (Å²) >= 11 is 0. The normalized spacial score (nSPS) is 12.6. The first-order valence-corrected chi connectivity index (χ1v) is 5.49. The zero-order valence-corrected chi connectivity index (χ0v) is 9.88. The van der Waals surface area contributed by atoms with E-state index in [1.807, 2.05) is 36.6 Å². The van der Waals surface area contributed by atoms with Crippen molar-refractivity contribution in [3.8, 4) is 0 Å². The average Bonchev–Trinajstić information content (AvgIpc) is 2.86. The molecule has 2 aromatic rings. The molecule has 0 radical (unpaired) electrons. The Bertz CT molecular complexity index is 491. The molecule has 2 rings (SSSR count). The van der Waals surface area contributed by atoms with Gasteiger partial charge in [0, 0.05) is 11.4 Å². The Labute approximate surface area is 99.5 Å². The third-order valence-electron chi connectivity index (χ3n) is 2.88. The molecule has 0 amide bonds. The lowest BCUT2D eigenvalue weighted by atomic mass is 10.1. The van der Waals surface area contributed by atoms with E-state index >= 15 is 0 Å². The Hall–Kier alpha value is -1.97. The third kappa shape index (κ3) is 2.25. The molecule has 0 saturated heterocycles. The lowest BCUT2D eigenvalue weighted by Crippen LogP contribution is -2.16. The highest BCUT2D eigenvalue weighted by Crippen LogP contribution is 2.26. The Morgan fingerprint density at radius 2 is 2.00 bits per heavy atom. The lowest BCUT2D eigenvalue weighted by Gasteiger charge is -2.19. The fraction of sp³-hybridized carbons (Fsp3) is 0.308. The van der Waals surface area contributed by atoms with Crippen molar-refractivity contribution in [3.05, 3.63) is 47.7 Å². The predicted molar refractivity (Wildman–Crippen MR) is 63.0 cm³/mol. The van der Waals surface area contributed by atoms with Gasteiger partial charge in [0.1, 0.15) is 11.8 Å². The SMILES string of the molecule is Cc1ccc(C)n1[C@H](CC(=O)O)c1ccco1. The zero-order chi connectivity index (χ0) is 12.4. The minimum absolute atomic E-state index is 0.0177. The van der Waals surface area contributed by atoms with Crippen LogP contribution in [-0.4, -0.2) is 15.6 Å². The number of hydrogen-bond donors (Lipinski definition) is 1. The number of aliphatic carboxylic acids is 1. The maximum Gasteiger partial charge on any atom is 0.305 e. The van der Waals surface area contributed by atoms with E-state index in [0.717, 1.165) is 11.4 Å². The van der Waals surface area contributed by atoms with Crippen LogP contribution in [0, 0.1) is 13.8 Å². The quantitative estimate of drug-likeness (QED) is 0.883. The molecule has 0 aliphatic rings. The monoisotopic (exact) mass is 233 g/mol. The molecular formula is C13H15NO3. The van der Waals surface area contributed by atoms with Crippen LogP contribution in [0.4, 0.5) is 0 Å². The van der Waals surface area contributed by atoms with Crippen LogP contribution in [0.5, 0.6) is 0 Å². The molecule has 0 aliphatic carbocycles. The Morgan fingerprint density at radius 3 is 2.47 bits per heavy atom. The summed E-state index contributed by atoms with van der Waals surface area (Å²) in [5.74, 6) is -0.159. The molecule has 0 unspecified atom stereocenters. The van der Waals surface area contributed by atoms with Gasteiger partial charge >= 0.3 is 5.97 Å². The van der Waals surface area contributed by atoms with Gasteiger partial charge in [-0.3, -0.25) is 4.79 Å². The molecule has 0 aliphatic heterocycles. The molecule has 2 aromatic heterocycles. The molecule has 0 spiro atoms. The lowest BCUT2D eigenvalue weighted by molar-refractivity contribution is -0.137. The van der Waals surface area contributed by atoms with Crippen LogP contribution in [0.15, 0.2) is 34.9 Å². The summed E-state index contributed by atoms with van der Waals surface area (Å²) in [6.45, 7) is 3.93. The van der Waals surface area contributed by atoms with Gasteiger partial charge in [-0.05, 0) is 38.1 Å².